The topological polar surface area (TPSA) is 65.6 Å². The van der Waals surface area contributed by atoms with Crippen LogP contribution in [-0.2, 0) is 10.2 Å². The summed E-state index contributed by atoms with van der Waals surface area (Å²) in [6.07, 6.45) is 8.00. The lowest BCUT2D eigenvalue weighted by Gasteiger charge is -2.38. The summed E-state index contributed by atoms with van der Waals surface area (Å²) in [5, 5.41) is 8.06. The van der Waals surface area contributed by atoms with Crippen LogP contribution in [0.2, 0.25) is 5.02 Å². The molecule has 0 aliphatic carbocycles. The molecule has 0 unspecified atom stereocenters. The van der Waals surface area contributed by atoms with Gasteiger partial charge in [0, 0.05) is 62.4 Å². The fourth-order valence-corrected chi connectivity index (χ4v) is 5.69. The average Bonchev–Trinajstić information content (AvgIpc) is 3.44. The molecule has 3 saturated heterocycles. The molecule has 3 aliphatic heterocycles. The lowest BCUT2D eigenvalue weighted by molar-refractivity contribution is 0.0515. The number of hydrogen-bond acceptors (Lipinski definition) is 6. The van der Waals surface area contributed by atoms with Gasteiger partial charge in [-0.25, -0.2) is 0 Å². The molecule has 0 atom stereocenters. The number of benzene rings is 1. The molecule has 3 aliphatic rings. The zero-order valence-corrected chi connectivity index (χ0v) is 21.8. The first-order valence-electron chi connectivity index (χ1n) is 12.9. The van der Waals surface area contributed by atoms with Gasteiger partial charge >= 0.3 is 0 Å². The van der Waals surface area contributed by atoms with Gasteiger partial charge in [0.2, 0.25) is 5.95 Å². The van der Waals surface area contributed by atoms with Crippen LogP contribution in [0.25, 0.3) is 0 Å². The van der Waals surface area contributed by atoms with Crippen LogP contribution in [0.5, 0.6) is 0 Å². The molecule has 0 radical (unpaired) electrons. The number of anilines is 3. The Morgan fingerprint density at radius 2 is 1.49 bits per heavy atom. The van der Waals surface area contributed by atoms with E-state index >= 15 is 0 Å². The molecule has 0 saturated carbocycles. The molecule has 188 valence electrons. The minimum atomic E-state index is -0.0498. The van der Waals surface area contributed by atoms with E-state index in [1.54, 1.807) is 0 Å². The van der Waals surface area contributed by atoms with Gasteiger partial charge in [0.05, 0.1) is 0 Å². The predicted molar refractivity (Wildman–Crippen MR) is 147 cm³/mol. The van der Waals surface area contributed by atoms with E-state index < -0.39 is 0 Å². The summed E-state index contributed by atoms with van der Waals surface area (Å²) in [5.74, 6) is 2.55. The lowest BCUT2D eigenvalue weighted by atomic mass is 9.74. The second-order valence-electron chi connectivity index (χ2n) is 9.86. The van der Waals surface area contributed by atoms with E-state index in [4.69, 9.17) is 38.5 Å². The first kappa shape index (κ1) is 24.5. The number of aromatic nitrogens is 2. The van der Waals surface area contributed by atoms with Crippen LogP contribution < -0.4 is 20.4 Å². The molecule has 9 heteroatoms. The van der Waals surface area contributed by atoms with Crippen molar-refractivity contribution in [1.29, 1.82) is 0 Å². The summed E-state index contributed by atoms with van der Waals surface area (Å²) in [6, 6.07) is 10.3. The second-order valence-corrected chi connectivity index (χ2v) is 10.7. The molecule has 0 amide bonds. The summed E-state index contributed by atoms with van der Waals surface area (Å²) in [4.78, 5) is 14.4. The number of hydrogen-bond donors (Lipinski definition) is 2. The first-order chi connectivity index (χ1) is 17.1. The number of piperidine rings is 1. The zero-order valence-electron chi connectivity index (χ0n) is 20.3. The number of thiocarbonyl (C=S) groups is 1. The van der Waals surface area contributed by atoms with Crippen LogP contribution in [-0.4, -0.2) is 61.0 Å². The smallest absolute Gasteiger partial charge is 0.232 e. The molecule has 0 bridgehead atoms. The fourth-order valence-electron chi connectivity index (χ4n) is 5.40. The van der Waals surface area contributed by atoms with E-state index in [9.17, 15) is 0 Å². The van der Waals surface area contributed by atoms with Gasteiger partial charge in [-0.15, -0.1) is 0 Å². The van der Waals surface area contributed by atoms with Crippen LogP contribution in [0.15, 0.2) is 30.3 Å². The Kier molecular flexibility index (Phi) is 7.90. The number of nitrogens with one attached hydrogen (secondary N) is 2. The Morgan fingerprint density at radius 1 is 0.914 bits per heavy atom. The highest BCUT2D eigenvalue weighted by atomic mass is 35.5. The molecule has 2 N–H and O–H groups in total. The van der Waals surface area contributed by atoms with Gasteiger partial charge in [0.1, 0.15) is 11.6 Å². The van der Waals surface area contributed by atoms with E-state index in [1.165, 1.54) is 37.7 Å². The summed E-state index contributed by atoms with van der Waals surface area (Å²) in [6.45, 7) is 6.38. The summed E-state index contributed by atoms with van der Waals surface area (Å²) in [5.41, 5.74) is 1.21. The Morgan fingerprint density at radius 3 is 2.09 bits per heavy atom. The summed E-state index contributed by atoms with van der Waals surface area (Å²) < 4.78 is 5.67. The van der Waals surface area contributed by atoms with Crippen LogP contribution in [0.4, 0.5) is 17.6 Å². The third-order valence-corrected chi connectivity index (χ3v) is 8.03. The van der Waals surface area contributed by atoms with Crippen molar-refractivity contribution in [3.05, 3.63) is 40.9 Å². The molecule has 2 aromatic rings. The molecule has 4 heterocycles. The summed E-state index contributed by atoms with van der Waals surface area (Å²) in [7, 11) is 0. The van der Waals surface area contributed by atoms with Crippen molar-refractivity contribution in [3.8, 4) is 0 Å². The van der Waals surface area contributed by atoms with Crippen molar-refractivity contribution >= 4 is 46.5 Å². The largest absolute Gasteiger partial charge is 0.381 e. The quantitative estimate of drug-likeness (QED) is 0.535. The van der Waals surface area contributed by atoms with E-state index in [2.05, 4.69) is 38.6 Å². The minimum Gasteiger partial charge on any atom is -0.381 e. The van der Waals surface area contributed by atoms with Crippen molar-refractivity contribution in [2.45, 2.75) is 50.4 Å². The van der Waals surface area contributed by atoms with Crippen molar-refractivity contribution in [1.82, 2.24) is 15.3 Å². The van der Waals surface area contributed by atoms with Gasteiger partial charge in [0.15, 0.2) is 5.11 Å². The highest BCUT2D eigenvalue weighted by Gasteiger charge is 2.34. The third kappa shape index (κ3) is 5.98. The highest BCUT2D eigenvalue weighted by Crippen LogP contribution is 2.35. The number of ether oxygens (including phenoxy) is 1. The summed E-state index contributed by atoms with van der Waals surface area (Å²) >= 11 is 11.9. The van der Waals surface area contributed by atoms with E-state index in [1.807, 2.05) is 12.1 Å². The van der Waals surface area contributed by atoms with E-state index in [0.717, 1.165) is 68.9 Å². The normalized spacial score (nSPS) is 20.0. The molecule has 3 fully saturated rings. The number of nitrogens with zero attached hydrogens (tertiary/aromatic N) is 4. The number of rotatable bonds is 6. The zero-order chi connectivity index (χ0) is 24.1. The molecular formula is C26H35ClN6OS. The Bertz CT molecular complexity index is 1000. The van der Waals surface area contributed by atoms with Gasteiger partial charge in [0.25, 0.3) is 0 Å². The second kappa shape index (κ2) is 11.3. The van der Waals surface area contributed by atoms with Gasteiger partial charge < -0.3 is 25.2 Å². The molecule has 0 spiro atoms. The van der Waals surface area contributed by atoms with Crippen LogP contribution in [0.1, 0.15) is 50.5 Å². The van der Waals surface area contributed by atoms with Gasteiger partial charge in [-0.2, -0.15) is 9.97 Å². The molecular weight excluding hydrogens is 480 g/mol. The van der Waals surface area contributed by atoms with Gasteiger partial charge in [-0.1, -0.05) is 23.7 Å². The van der Waals surface area contributed by atoms with Crippen LogP contribution >= 0.6 is 23.8 Å². The first-order valence-corrected chi connectivity index (χ1v) is 13.7. The number of halogens is 1. The highest BCUT2D eigenvalue weighted by molar-refractivity contribution is 7.80. The minimum absolute atomic E-state index is 0.0498. The lowest BCUT2D eigenvalue weighted by Crippen LogP contribution is -2.45. The van der Waals surface area contributed by atoms with Crippen molar-refractivity contribution in [2.75, 3.05) is 61.1 Å². The van der Waals surface area contributed by atoms with Gasteiger partial charge in [-0.05, 0) is 74.9 Å². The monoisotopic (exact) mass is 514 g/mol. The maximum atomic E-state index is 6.15. The van der Waals surface area contributed by atoms with Crippen molar-refractivity contribution in [2.24, 2.45) is 0 Å². The van der Waals surface area contributed by atoms with E-state index in [-0.39, 0.29) is 5.41 Å². The van der Waals surface area contributed by atoms with Gasteiger partial charge in [-0.3, -0.25) is 0 Å². The Labute approximate surface area is 218 Å². The third-order valence-electron chi connectivity index (χ3n) is 7.53. The average molecular weight is 515 g/mol. The predicted octanol–water partition coefficient (Wildman–Crippen LogP) is 4.76. The molecule has 1 aromatic carbocycles. The maximum Gasteiger partial charge on any atom is 0.232 e. The van der Waals surface area contributed by atoms with E-state index in [0.29, 0.717) is 17.6 Å². The standard InChI is InChI=1S/C26H35ClN6OS/c27-21-8-6-20(7-9-21)26(10-16-34-17-11-26)19-28-25(35)31-24-29-22(32-12-2-1-3-13-32)18-23(30-24)33-14-4-5-15-33/h6-9,18H,1-5,10-17,19H2,(H2,28,29,30,31,35). The molecule has 35 heavy (non-hydrogen) atoms. The SMILES string of the molecule is S=C(NCC1(c2ccc(Cl)cc2)CCOCC1)Nc1nc(N2CCCCC2)cc(N2CCCC2)n1. The van der Waals surface area contributed by atoms with Crippen LogP contribution in [0.3, 0.4) is 0 Å². The Hall–Kier alpha value is -2.16. The van der Waals surface area contributed by atoms with Crippen molar-refractivity contribution in [3.63, 3.8) is 0 Å². The Balaban J connectivity index is 1.30. The molecule has 5 rings (SSSR count). The molecule has 1 aromatic heterocycles. The van der Waals surface area contributed by atoms with Crippen molar-refractivity contribution < 1.29 is 4.74 Å². The maximum absolute atomic E-state index is 6.15. The van der Waals surface area contributed by atoms with Crippen LogP contribution in [0, 0.1) is 0 Å². The molecule has 7 nitrogen and oxygen atoms in total. The fraction of sp³-hybridized carbons (Fsp3) is 0.577.